The van der Waals surface area contributed by atoms with Crippen LogP contribution >= 0.6 is 0 Å². The SMILES string of the molecule is C=CC[C@@H](O)[C@@H](C)C(=O)OCC(C)C. The highest BCUT2D eigenvalue weighted by Gasteiger charge is 2.22. The summed E-state index contributed by atoms with van der Waals surface area (Å²) in [4.78, 5) is 11.3. The number of rotatable bonds is 6. The minimum Gasteiger partial charge on any atom is -0.465 e. The summed E-state index contributed by atoms with van der Waals surface area (Å²) in [6.07, 6.45) is 1.32. The van der Waals surface area contributed by atoms with Crippen molar-refractivity contribution in [3.05, 3.63) is 12.7 Å². The van der Waals surface area contributed by atoms with E-state index >= 15 is 0 Å². The summed E-state index contributed by atoms with van der Waals surface area (Å²) in [6.45, 7) is 9.52. The van der Waals surface area contributed by atoms with Gasteiger partial charge in [0.05, 0.1) is 18.6 Å². The lowest BCUT2D eigenvalue weighted by atomic mass is 10.0. The first-order valence-corrected chi connectivity index (χ1v) is 4.94. The Kier molecular flexibility index (Phi) is 6.21. The molecule has 0 unspecified atom stereocenters. The van der Waals surface area contributed by atoms with Crippen LogP contribution in [-0.2, 0) is 9.53 Å². The molecule has 0 fully saturated rings. The topological polar surface area (TPSA) is 46.5 Å². The average molecular weight is 200 g/mol. The van der Waals surface area contributed by atoms with Gasteiger partial charge in [0.1, 0.15) is 0 Å². The lowest BCUT2D eigenvalue weighted by molar-refractivity contribution is -0.152. The van der Waals surface area contributed by atoms with Crippen LogP contribution in [0.4, 0.5) is 0 Å². The molecule has 14 heavy (non-hydrogen) atoms. The first-order chi connectivity index (χ1) is 6.49. The van der Waals surface area contributed by atoms with E-state index in [4.69, 9.17) is 4.74 Å². The van der Waals surface area contributed by atoms with Crippen molar-refractivity contribution in [2.24, 2.45) is 11.8 Å². The number of hydrogen-bond donors (Lipinski definition) is 1. The summed E-state index contributed by atoms with van der Waals surface area (Å²) >= 11 is 0. The van der Waals surface area contributed by atoms with Crippen molar-refractivity contribution < 1.29 is 14.6 Å². The Balaban J connectivity index is 3.91. The Bertz CT molecular complexity index is 187. The van der Waals surface area contributed by atoms with Crippen molar-refractivity contribution in [1.29, 1.82) is 0 Å². The van der Waals surface area contributed by atoms with E-state index < -0.39 is 12.0 Å². The molecule has 2 atom stereocenters. The molecule has 0 aliphatic rings. The van der Waals surface area contributed by atoms with Crippen LogP contribution in [0, 0.1) is 11.8 Å². The summed E-state index contributed by atoms with van der Waals surface area (Å²) < 4.78 is 5.00. The summed E-state index contributed by atoms with van der Waals surface area (Å²) in [6, 6.07) is 0. The molecule has 0 saturated heterocycles. The number of esters is 1. The molecule has 0 aliphatic carbocycles. The second-order valence-electron chi connectivity index (χ2n) is 3.90. The Labute approximate surface area is 85.8 Å². The van der Waals surface area contributed by atoms with E-state index in [1.165, 1.54) is 0 Å². The van der Waals surface area contributed by atoms with Crippen LogP contribution < -0.4 is 0 Å². The van der Waals surface area contributed by atoms with Gasteiger partial charge in [0.2, 0.25) is 0 Å². The maximum Gasteiger partial charge on any atom is 0.311 e. The first-order valence-electron chi connectivity index (χ1n) is 4.94. The number of ether oxygens (including phenoxy) is 1. The monoisotopic (exact) mass is 200 g/mol. The lowest BCUT2D eigenvalue weighted by Crippen LogP contribution is -2.27. The van der Waals surface area contributed by atoms with Crippen LogP contribution in [-0.4, -0.2) is 23.8 Å². The second kappa shape index (κ2) is 6.60. The van der Waals surface area contributed by atoms with Crippen molar-refractivity contribution in [3.8, 4) is 0 Å². The van der Waals surface area contributed by atoms with Crippen LogP contribution in [0.15, 0.2) is 12.7 Å². The Morgan fingerprint density at radius 2 is 2.07 bits per heavy atom. The highest BCUT2D eigenvalue weighted by molar-refractivity contribution is 5.72. The van der Waals surface area contributed by atoms with Crippen LogP contribution in [0.2, 0.25) is 0 Å². The number of carbonyl (C=O) groups is 1. The van der Waals surface area contributed by atoms with Crippen molar-refractivity contribution in [3.63, 3.8) is 0 Å². The van der Waals surface area contributed by atoms with Gasteiger partial charge in [-0.1, -0.05) is 19.9 Å². The maximum absolute atomic E-state index is 11.3. The predicted molar refractivity (Wildman–Crippen MR) is 55.8 cm³/mol. The van der Waals surface area contributed by atoms with Crippen molar-refractivity contribution in [2.45, 2.75) is 33.3 Å². The van der Waals surface area contributed by atoms with E-state index in [1.807, 2.05) is 13.8 Å². The van der Waals surface area contributed by atoms with Gasteiger partial charge < -0.3 is 9.84 Å². The molecule has 0 rings (SSSR count). The van der Waals surface area contributed by atoms with E-state index in [0.29, 0.717) is 18.9 Å². The summed E-state index contributed by atoms with van der Waals surface area (Å²) in [7, 11) is 0. The van der Waals surface area contributed by atoms with Crippen LogP contribution in [0.25, 0.3) is 0 Å². The Hall–Kier alpha value is -0.830. The fraction of sp³-hybridized carbons (Fsp3) is 0.727. The van der Waals surface area contributed by atoms with E-state index in [9.17, 15) is 9.90 Å². The largest absolute Gasteiger partial charge is 0.465 e. The molecule has 0 saturated carbocycles. The molecule has 82 valence electrons. The van der Waals surface area contributed by atoms with E-state index in [1.54, 1.807) is 13.0 Å². The first kappa shape index (κ1) is 13.2. The minimum atomic E-state index is -0.688. The molecular formula is C11H20O3. The molecular weight excluding hydrogens is 180 g/mol. The molecule has 0 spiro atoms. The van der Waals surface area contributed by atoms with Gasteiger partial charge in [-0.15, -0.1) is 6.58 Å². The molecule has 0 aromatic carbocycles. The Morgan fingerprint density at radius 3 is 2.50 bits per heavy atom. The highest BCUT2D eigenvalue weighted by Crippen LogP contribution is 2.10. The molecule has 1 N–H and O–H groups in total. The van der Waals surface area contributed by atoms with E-state index in [2.05, 4.69) is 6.58 Å². The zero-order valence-corrected chi connectivity index (χ0v) is 9.19. The number of hydrogen-bond acceptors (Lipinski definition) is 3. The minimum absolute atomic E-state index is 0.322. The second-order valence-corrected chi connectivity index (χ2v) is 3.90. The van der Waals surface area contributed by atoms with Crippen molar-refractivity contribution >= 4 is 5.97 Å². The number of aliphatic hydroxyl groups is 1. The van der Waals surface area contributed by atoms with Gasteiger partial charge in [-0.3, -0.25) is 4.79 Å². The molecule has 3 heteroatoms. The predicted octanol–water partition coefficient (Wildman–Crippen LogP) is 1.76. The third-order valence-corrected chi connectivity index (χ3v) is 1.92. The normalized spacial score (nSPS) is 14.9. The van der Waals surface area contributed by atoms with Gasteiger partial charge in [-0.05, 0) is 19.3 Å². The maximum atomic E-state index is 11.3. The molecule has 0 bridgehead atoms. The summed E-state index contributed by atoms with van der Waals surface area (Å²) in [5, 5.41) is 9.48. The third kappa shape index (κ3) is 5.02. The van der Waals surface area contributed by atoms with E-state index in [-0.39, 0.29) is 5.97 Å². The van der Waals surface area contributed by atoms with Gasteiger partial charge >= 0.3 is 5.97 Å². The van der Waals surface area contributed by atoms with Crippen LogP contribution in [0.1, 0.15) is 27.2 Å². The highest BCUT2D eigenvalue weighted by atomic mass is 16.5. The van der Waals surface area contributed by atoms with Gasteiger partial charge in [0.15, 0.2) is 0 Å². The van der Waals surface area contributed by atoms with Crippen molar-refractivity contribution in [1.82, 2.24) is 0 Å². The fourth-order valence-electron chi connectivity index (χ4n) is 0.912. The van der Waals surface area contributed by atoms with Crippen LogP contribution in [0.5, 0.6) is 0 Å². The standard InChI is InChI=1S/C11H20O3/c1-5-6-10(12)9(4)11(13)14-7-8(2)3/h5,8-10,12H,1,6-7H2,2-4H3/t9-,10-/m1/s1. The zero-order valence-electron chi connectivity index (χ0n) is 9.19. The van der Waals surface area contributed by atoms with Gasteiger partial charge in [-0.2, -0.15) is 0 Å². The van der Waals surface area contributed by atoms with Gasteiger partial charge in [-0.25, -0.2) is 0 Å². The van der Waals surface area contributed by atoms with Gasteiger partial charge in [0.25, 0.3) is 0 Å². The molecule has 0 heterocycles. The fourth-order valence-corrected chi connectivity index (χ4v) is 0.912. The summed E-state index contributed by atoms with van der Waals surface area (Å²) in [5.41, 5.74) is 0. The molecule has 0 aromatic heterocycles. The van der Waals surface area contributed by atoms with E-state index in [0.717, 1.165) is 0 Å². The lowest BCUT2D eigenvalue weighted by Gasteiger charge is -2.16. The Morgan fingerprint density at radius 1 is 1.50 bits per heavy atom. The molecule has 3 nitrogen and oxygen atoms in total. The smallest absolute Gasteiger partial charge is 0.311 e. The molecule has 0 aromatic rings. The molecule has 0 radical (unpaired) electrons. The number of carbonyl (C=O) groups excluding carboxylic acids is 1. The zero-order chi connectivity index (χ0) is 11.1. The third-order valence-electron chi connectivity index (χ3n) is 1.92. The number of aliphatic hydroxyl groups excluding tert-OH is 1. The van der Waals surface area contributed by atoms with Crippen LogP contribution in [0.3, 0.4) is 0 Å². The van der Waals surface area contributed by atoms with Crippen molar-refractivity contribution in [2.75, 3.05) is 6.61 Å². The summed E-state index contributed by atoms with van der Waals surface area (Å²) in [5.74, 6) is -0.498. The van der Waals surface area contributed by atoms with Gasteiger partial charge in [0, 0.05) is 0 Å². The average Bonchev–Trinajstić information content (AvgIpc) is 2.13. The molecule has 0 aliphatic heterocycles. The molecule has 0 amide bonds. The quantitative estimate of drug-likeness (QED) is 0.525.